The molecule has 224 valence electrons. The van der Waals surface area contributed by atoms with E-state index >= 15 is 0 Å². The zero-order valence-electron chi connectivity index (χ0n) is 24.6. The highest BCUT2D eigenvalue weighted by Gasteiger charge is 2.42. The minimum atomic E-state index is -1.48. The van der Waals surface area contributed by atoms with Crippen LogP contribution in [0.25, 0.3) is 0 Å². The Balaban J connectivity index is 1.57. The highest BCUT2D eigenvalue weighted by atomic mass is 32.2. The smallest absolute Gasteiger partial charge is 0.252 e. The van der Waals surface area contributed by atoms with Crippen LogP contribution in [0, 0.1) is 18.8 Å². The molecule has 2 amide bonds. The van der Waals surface area contributed by atoms with E-state index in [1.165, 1.54) is 18.9 Å². The number of phenolic OH excluding ortho intramolecular Hbond substituents is 1. The van der Waals surface area contributed by atoms with Gasteiger partial charge in [0.05, 0.1) is 34.7 Å². The molecular formula is C32H45N3O5S. The van der Waals surface area contributed by atoms with Gasteiger partial charge in [-0.25, -0.2) is 0 Å². The Kier molecular flexibility index (Phi) is 10.3. The van der Waals surface area contributed by atoms with E-state index in [9.17, 15) is 24.0 Å². The molecule has 1 saturated carbocycles. The topological polar surface area (TPSA) is 119 Å². The first-order chi connectivity index (χ1) is 19.4. The highest BCUT2D eigenvalue weighted by molar-refractivity contribution is 7.85. The SMILES string of the molecule is Cc1c(O)cccc1C(=O)N[C@@H](C[S@@](=O)c1ccccc1)[C@H](O)CN1C[C@H]2CCCC[C@H]2C[C@H]1C(=O)NC(C)(C)C. The molecule has 0 unspecified atom stereocenters. The number of hydrogen-bond donors (Lipinski definition) is 4. The predicted octanol–water partition coefficient (Wildman–Crippen LogP) is 3.76. The second kappa shape index (κ2) is 13.5. The first-order valence-corrected chi connectivity index (χ1v) is 16.0. The van der Waals surface area contributed by atoms with Gasteiger partial charge in [-0.2, -0.15) is 0 Å². The number of carbonyl (C=O) groups is 2. The number of aliphatic hydroxyl groups is 1. The van der Waals surface area contributed by atoms with Crippen LogP contribution in [0.5, 0.6) is 5.75 Å². The average molecular weight is 584 g/mol. The van der Waals surface area contributed by atoms with Crippen molar-refractivity contribution in [3.63, 3.8) is 0 Å². The number of carbonyl (C=O) groups excluding carboxylic acids is 2. The summed E-state index contributed by atoms with van der Waals surface area (Å²) in [5, 5.41) is 27.8. The van der Waals surface area contributed by atoms with Crippen LogP contribution in [0.1, 0.15) is 68.8 Å². The van der Waals surface area contributed by atoms with Crippen molar-refractivity contribution in [1.82, 2.24) is 15.5 Å². The second-order valence-corrected chi connectivity index (χ2v) is 14.2. The van der Waals surface area contributed by atoms with Gasteiger partial charge in [-0.05, 0) is 76.6 Å². The molecule has 6 atom stereocenters. The van der Waals surface area contributed by atoms with Gasteiger partial charge < -0.3 is 20.8 Å². The molecule has 1 aliphatic heterocycles. The number of likely N-dealkylation sites (tertiary alicyclic amines) is 1. The average Bonchev–Trinajstić information content (AvgIpc) is 2.93. The normalized spacial score (nSPS) is 23.6. The van der Waals surface area contributed by atoms with Crippen molar-refractivity contribution in [2.75, 3.05) is 18.8 Å². The number of rotatable bonds is 9. The van der Waals surface area contributed by atoms with E-state index in [0.29, 0.717) is 28.8 Å². The molecule has 2 aromatic rings. The van der Waals surface area contributed by atoms with Crippen LogP contribution in [-0.2, 0) is 15.6 Å². The predicted molar refractivity (Wildman–Crippen MR) is 161 cm³/mol. The fourth-order valence-corrected chi connectivity index (χ4v) is 7.48. The first kappa shape index (κ1) is 31.2. The third-order valence-electron chi connectivity index (χ3n) is 8.39. The molecule has 2 aromatic carbocycles. The number of β-amino-alcohol motifs (C(OH)–C–C–N with tert-alkyl or cyclic N) is 1. The van der Waals surface area contributed by atoms with Crippen LogP contribution in [-0.4, -0.2) is 73.7 Å². The van der Waals surface area contributed by atoms with Gasteiger partial charge in [0.2, 0.25) is 5.91 Å². The monoisotopic (exact) mass is 583 g/mol. The molecule has 0 radical (unpaired) electrons. The Morgan fingerprint density at radius 1 is 1.05 bits per heavy atom. The van der Waals surface area contributed by atoms with Gasteiger partial charge in [0.25, 0.3) is 5.91 Å². The van der Waals surface area contributed by atoms with Gasteiger partial charge >= 0.3 is 0 Å². The number of nitrogens with one attached hydrogen (secondary N) is 2. The number of piperidine rings is 1. The first-order valence-electron chi connectivity index (χ1n) is 14.7. The molecule has 0 bridgehead atoms. The number of nitrogens with zero attached hydrogens (tertiary/aromatic N) is 1. The molecule has 4 N–H and O–H groups in total. The molecule has 1 aliphatic carbocycles. The minimum Gasteiger partial charge on any atom is -0.508 e. The fourth-order valence-electron chi connectivity index (χ4n) is 6.19. The van der Waals surface area contributed by atoms with E-state index in [2.05, 4.69) is 15.5 Å². The van der Waals surface area contributed by atoms with Crippen LogP contribution in [0.3, 0.4) is 0 Å². The molecule has 4 rings (SSSR count). The lowest BCUT2D eigenvalue weighted by molar-refractivity contribution is -0.132. The van der Waals surface area contributed by atoms with Crippen molar-refractivity contribution >= 4 is 22.6 Å². The largest absolute Gasteiger partial charge is 0.508 e. The summed E-state index contributed by atoms with van der Waals surface area (Å²) in [7, 11) is -1.48. The number of aromatic hydroxyl groups is 1. The molecule has 8 nitrogen and oxygen atoms in total. The molecule has 0 aromatic heterocycles. The van der Waals surface area contributed by atoms with Crippen molar-refractivity contribution < 1.29 is 24.0 Å². The number of amides is 2. The van der Waals surface area contributed by atoms with Crippen molar-refractivity contribution in [2.45, 2.75) is 88.4 Å². The van der Waals surface area contributed by atoms with Gasteiger partial charge in [0.1, 0.15) is 5.75 Å². The van der Waals surface area contributed by atoms with Gasteiger partial charge in [-0.3, -0.25) is 18.7 Å². The zero-order valence-corrected chi connectivity index (χ0v) is 25.5. The van der Waals surface area contributed by atoms with Crippen LogP contribution >= 0.6 is 0 Å². The number of fused-ring (bicyclic) bond motifs is 1. The number of phenols is 1. The Labute approximate surface area is 246 Å². The quantitative estimate of drug-likeness (QED) is 0.357. The van der Waals surface area contributed by atoms with Gasteiger partial charge in [0, 0.05) is 34.7 Å². The van der Waals surface area contributed by atoms with Gasteiger partial charge in [-0.15, -0.1) is 0 Å². The van der Waals surface area contributed by atoms with E-state index in [1.54, 1.807) is 43.3 Å². The Morgan fingerprint density at radius 2 is 1.73 bits per heavy atom. The minimum absolute atomic E-state index is 0.00525. The van der Waals surface area contributed by atoms with Gasteiger partial charge in [-0.1, -0.05) is 43.5 Å². The lowest BCUT2D eigenvalue weighted by Gasteiger charge is -2.47. The Hall–Kier alpha value is -2.75. The van der Waals surface area contributed by atoms with E-state index in [1.807, 2.05) is 26.8 Å². The molecule has 1 heterocycles. The van der Waals surface area contributed by atoms with Crippen LogP contribution in [0.4, 0.5) is 0 Å². The summed E-state index contributed by atoms with van der Waals surface area (Å²) in [6.45, 7) is 8.42. The Bertz CT molecular complexity index is 1230. The van der Waals surface area contributed by atoms with Crippen LogP contribution in [0.2, 0.25) is 0 Å². The molecule has 2 fully saturated rings. The number of benzene rings is 2. The maximum atomic E-state index is 13.5. The van der Waals surface area contributed by atoms with E-state index < -0.39 is 28.9 Å². The second-order valence-electron chi connectivity index (χ2n) is 12.7. The third kappa shape index (κ3) is 8.17. The maximum Gasteiger partial charge on any atom is 0.252 e. The van der Waals surface area contributed by atoms with Crippen molar-refractivity contribution in [3.8, 4) is 5.75 Å². The van der Waals surface area contributed by atoms with Crippen LogP contribution < -0.4 is 10.6 Å². The lowest BCUT2D eigenvalue weighted by Crippen LogP contribution is -2.60. The fraction of sp³-hybridized carbons (Fsp3) is 0.562. The molecule has 41 heavy (non-hydrogen) atoms. The maximum absolute atomic E-state index is 13.5. The number of hydrogen-bond acceptors (Lipinski definition) is 6. The Morgan fingerprint density at radius 3 is 2.41 bits per heavy atom. The summed E-state index contributed by atoms with van der Waals surface area (Å²) < 4.78 is 13.3. The number of aliphatic hydroxyl groups excluding tert-OH is 1. The molecule has 1 saturated heterocycles. The molecule has 0 spiro atoms. The van der Waals surface area contributed by atoms with Crippen LogP contribution in [0.15, 0.2) is 53.4 Å². The summed E-state index contributed by atoms with van der Waals surface area (Å²) >= 11 is 0. The van der Waals surface area contributed by atoms with E-state index in [0.717, 1.165) is 19.3 Å². The zero-order chi connectivity index (χ0) is 29.7. The van der Waals surface area contributed by atoms with Crippen molar-refractivity contribution in [1.29, 1.82) is 0 Å². The van der Waals surface area contributed by atoms with E-state index in [4.69, 9.17) is 0 Å². The summed E-state index contributed by atoms with van der Waals surface area (Å²) in [5.41, 5.74) is 0.339. The molecular weight excluding hydrogens is 538 g/mol. The summed E-state index contributed by atoms with van der Waals surface area (Å²) in [5.74, 6) is 0.468. The third-order valence-corrected chi connectivity index (χ3v) is 9.85. The van der Waals surface area contributed by atoms with Gasteiger partial charge in [0.15, 0.2) is 0 Å². The summed E-state index contributed by atoms with van der Waals surface area (Å²) in [6.07, 6.45) is 4.27. The molecule has 2 aliphatic rings. The van der Waals surface area contributed by atoms with Crippen molar-refractivity contribution in [2.24, 2.45) is 11.8 Å². The summed E-state index contributed by atoms with van der Waals surface area (Å²) in [6, 6.07) is 12.5. The lowest BCUT2D eigenvalue weighted by atomic mass is 9.72. The standard InChI is InChI=1S/C32H45N3O5S/c1-21-25(15-10-16-28(21)36)30(38)33-26(20-41(40)24-13-6-5-7-14-24)29(37)19-35-18-23-12-9-8-11-22(23)17-27(35)31(39)34-32(2,3)4/h5-7,10,13-16,22-23,26-27,29,36-37H,8-9,11-12,17-20H2,1-4H3,(H,33,38)(H,34,39)/t22-,23+,26-,27-,29+,41+/m0/s1. The van der Waals surface area contributed by atoms with E-state index in [-0.39, 0.29) is 41.1 Å². The highest BCUT2D eigenvalue weighted by Crippen LogP contribution is 2.39. The summed E-state index contributed by atoms with van der Waals surface area (Å²) in [4.78, 5) is 29.5. The molecule has 9 heteroatoms. The van der Waals surface area contributed by atoms with Crippen molar-refractivity contribution in [3.05, 3.63) is 59.7 Å².